The van der Waals surface area contributed by atoms with E-state index in [4.69, 9.17) is 11.6 Å². The van der Waals surface area contributed by atoms with Gasteiger partial charge in [-0.25, -0.2) is 0 Å². The topological polar surface area (TPSA) is 72.7 Å². The maximum Gasteiger partial charge on any atom is 0.270 e. The molecule has 1 aromatic rings. The van der Waals surface area contributed by atoms with Crippen LogP contribution in [-0.4, -0.2) is 32.0 Å². The van der Waals surface area contributed by atoms with Crippen molar-refractivity contribution < 1.29 is 4.79 Å². The Bertz CT molecular complexity index is 314. The lowest BCUT2D eigenvalue weighted by Gasteiger charge is -1.97. The summed E-state index contributed by atoms with van der Waals surface area (Å²) in [7, 11) is 0. The third kappa shape index (κ3) is 4.24. The molecule has 1 aromatic heterocycles. The number of aryl methyl sites for hydroxylation is 1. The van der Waals surface area contributed by atoms with Crippen molar-refractivity contribution in [2.24, 2.45) is 0 Å². The number of anilines is 1. The Kier molecular flexibility index (Phi) is 5.03. The fourth-order valence-corrected chi connectivity index (χ4v) is 1.14. The molecule has 1 N–H and O–H groups in total. The summed E-state index contributed by atoms with van der Waals surface area (Å²) in [5.74, 6) is 0.596. The summed E-state index contributed by atoms with van der Waals surface area (Å²) in [6.45, 7) is 2.71. The molecule has 7 heteroatoms. The Balaban J connectivity index is 2.39. The molecule has 0 radical (unpaired) electrons. The molecule has 0 saturated heterocycles. The summed E-state index contributed by atoms with van der Waals surface area (Å²) >= 11 is 5.47. The number of carbonyl (C=O) groups excluding carboxylic acids is 1. The first-order valence-corrected chi connectivity index (χ1v) is 5.43. The van der Waals surface area contributed by atoms with Crippen molar-refractivity contribution in [1.29, 1.82) is 0 Å². The van der Waals surface area contributed by atoms with Crippen LogP contribution in [0.5, 0.6) is 0 Å². The van der Waals surface area contributed by atoms with Crippen LogP contribution in [0, 0.1) is 0 Å². The number of alkyl halides is 1. The van der Waals surface area contributed by atoms with Gasteiger partial charge < -0.3 is 0 Å². The third-order valence-corrected chi connectivity index (χ3v) is 1.93. The van der Waals surface area contributed by atoms with Crippen molar-refractivity contribution in [2.75, 3.05) is 11.2 Å². The van der Waals surface area contributed by atoms with Crippen molar-refractivity contribution in [2.45, 2.75) is 32.7 Å². The Morgan fingerprint density at radius 2 is 2.40 bits per heavy atom. The molecule has 6 nitrogen and oxygen atoms in total. The lowest BCUT2D eigenvalue weighted by molar-refractivity contribution is -0.116. The highest BCUT2D eigenvalue weighted by molar-refractivity contribution is 6.18. The molecule has 0 atom stereocenters. The van der Waals surface area contributed by atoms with E-state index in [1.165, 1.54) is 4.80 Å². The van der Waals surface area contributed by atoms with E-state index >= 15 is 0 Å². The zero-order valence-corrected chi connectivity index (χ0v) is 9.37. The van der Waals surface area contributed by atoms with Gasteiger partial charge in [-0.15, -0.1) is 16.7 Å². The monoisotopic (exact) mass is 231 g/mol. The zero-order valence-electron chi connectivity index (χ0n) is 8.61. The maximum atomic E-state index is 11.3. The van der Waals surface area contributed by atoms with Crippen LogP contribution >= 0.6 is 11.6 Å². The number of carbonyl (C=O) groups is 1. The molecular weight excluding hydrogens is 218 g/mol. The van der Waals surface area contributed by atoms with Crippen LogP contribution in [0.15, 0.2) is 0 Å². The molecule has 84 valence electrons. The normalized spacial score (nSPS) is 10.3. The van der Waals surface area contributed by atoms with Gasteiger partial charge in [-0.1, -0.05) is 12.0 Å². The summed E-state index contributed by atoms with van der Waals surface area (Å²) in [4.78, 5) is 12.7. The number of halogens is 1. The number of amides is 1. The average molecular weight is 232 g/mol. The van der Waals surface area contributed by atoms with Crippen molar-refractivity contribution in [3.05, 3.63) is 0 Å². The molecule has 0 aliphatic rings. The quantitative estimate of drug-likeness (QED) is 0.743. The summed E-state index contributed by atoms with van der Waals surface area (Å²) < 4.78 is 0. The summed E-state index contributed by atoms with van der Waals surface area (Å²) in [6, 6.07) is 0. The van der Waals surface area contributed by atoms with Gasteiger partial charge in [0.1, 0.15) is 0 Å². The van der Waals surface area contributed by atoms with Gasteiger partial charge in [0.2, 0.25) is 5.91 Å². The highest BCUT2D eigenvalue weighted by Crippen LogP contribution is 1.98. The number of rotatable bonds is 6. The molecule has 1 heterocycles. The van der Waals surface area contributed by atoms with Crippen LogP contribution < -0.4 is 5.32 Å². The number of aromatic nitrogens is 4. The molecular formula is C8H14ClN5O. The second-order valence-corrected chi connectivity index (χ2v) is 3.43. The molecule has 1 rings (SSSR count). The van der Waals surface area contributed by atoms with Crippen LogP contribution in [-0.2, 0) is 11.3 Å². The summed E-state index contributed by atoms with van der Waals surface area (Å²) in [5.41, 5.74) is 0. The summed E-state index contributed by atoms with van der Waals surface area (Å²) in [5, 5.41) is 14.0. The highest BCUT2D eigenvalue weighted by Gasteiger charge is 2.06. The molecule has 0 unspecified atom stereocenters. The van der Waals surface area contributed by atoms with E-state index in [9.17, 15) is 4.79 Å². The molecule has 0 aromatic carbocycles. The van der Waals surface area contributed by atoms with Gasteiger partial charge in [0, 0.05) is 12.3 Å². The number of nitrogens with zero attached hydrogens (tertiary/aromatic N) is 4. The molecule has 0 aliphatic heterocycles. The van der Waals surface area contributed by atoms with Gasteiger partial charge in [-0.2, -0.15) is 4.80 Å². The smallest absolute Gasteiger partial charge is 0.270 e. The van der Waals surface area contributed by atoms with Crippen molar-refractivity contribution in [3.8, 4) is 0 Å². The Morgan fingerprint density at radius 1 is 1.60 bits per heavy atom. The van der Waals surface area contributed by atoms with Crippen molar-refractivity contribution in [1.82, 2.24) is 20.2 Å². The molecule has 0 saturated carbocycles. The predicted molar refractivity (Wildman–Crippen MR) is 56.7 cm³/mol. The number of tetrazole rings is 1. The molecule has 0 spiro atoms. The van der Waals surface area contributed by atoms with Crippen molar-refractivity contribution in [3.63, 3.8) is 0 Å². The molecule has 1 amide bonds. The molecule has 0 fully saturated rings. The van der Waals surface area contributed by atoms with Gasteiger partial charge >= 0.3 is 0 Å². The molecule has 0 aliphatic carbocycles. The van der Waals surface area contributed by atoms with Gasteiger partial charge in [0.05, 0.1) is 6.54 Å². The van der Waals surface area contributed by atoms with Crippen molar-refractivity contribution >= 4 is 23.5 Å². The first-order chi connectivity index (χ1) is 7.26. The van der Waals surface area contributed by atoms with E-state index in [2.05, 4.69) is 20.7 Å². The fourth-order valence-electron chi connectivity index (χ4n) is 1.00. The Labute approximate surface area is 93.0 Å². The van der Waals surface area contributed by atoms with Crippen LogP contribution in [0.2, 0.25) is 0 Å². The standard InChI is InChI=1S/C8H14ClN5O/c1-2-6-14-12-8(11-13-14)10-7(15)4-3-5-9/h2-6H2,1H3,(H,10,12,15). The van der Waals surface area contributed by atoms with Crippen LogP contribution in [0.3, 0.4) is 0 Å². The molecule has 0 bridgehead atoms. The zero-order chi connectivity index (χ0) is 11.1. The van der Waals surface area contributed by atoms with Gasteiger partial charge in [-0.3, -0.25) is 10.1 Å². The van der Waals surface area contributed by atoms with E-state index in [0.717, 1.165) is 6.42 Å². The minimum atomic E-state index is -0.133. The van der Waals surface area contributed by atoms with Crippen LogP contribution in [0.25, 0.3) is 0 Å². The Morgan fingerprint density at radius 3 is 3.07 bits per heavy atom. The predicted octanol–water partition coefficient (Wildman–Crippen LogP) is 1.04. The van der Waals surface area contributed by atoms with Gasteiger partial charge in [0.25, 0.3) is 5.95 Å². The maximum absolute atomic E-state index is 11.3. The SMILES string of the molecule is CCCn1nnc(NC(=O)CCCCl)n1. The number of hydrogen-bond acceptors (Lipinski definition) is 4. The highest BCUT2D eigenvalue weighted by atomic mass is 35.5. The first-order valence-electron chi connectivity index (χ1n) is 4.90. The number of hydrogen-bond donors (Lipinski definition) is 1. The van der Waals surface area contributed by atoms with Crippen LogP contribution in [0.1, 0.15) is 26.2 Å². The third-order valence-electron chi connectivity index (χ3n) is 1.67. The van der Waals surface area contributed by atoms with Crippen LogP contribution in [0.4, 0.5) is 5.95 Å². The fraction of sp³-hybridized carbons (Fsp3) is 0.750. The van der Waals surface area contributed by atoms with Gasteiger partial charge in [0.15, 0.2) is 0 Å². The van der Waals surface area contributed by atoms with E-state index in [1.54, 1.807) is 0 Å². The van der Waals surface area contributed by atoms with E-state index < -0.39 is 0 Å². The van der Waals surface area contributed by atoms with Gasteiger partial charge in [-0.05, 0) is 18.1 Å². The second kappa shape index (κ2) is 6.34. The lowest BCUT2D eigenvalue weighted by Crippen LogP contribution is -2.12. The largest absolute Gasteiger partial charge is 0.292 e. The molecule has 15 heavy (non-hydrogen) atoms. The van der Waals surface area contributed by atoms with E-state index in [1.807, 2.05) is 6.92 Å². The number of nitrogens with one attached hydrogen (secondary N) is 1. The minimum Gasteiger partial charge on any atom is -0.292 e. The lowest BCUT2D eigenvalue weighted by atomic mass is 10.3. The van der Waals surface area contributed by atoms with E-state index in [0.29, 0.717) is 25.3 Å². The minimum absolute atomic E-state index is 0.133. The van der Waals surface area contributed by atoms with E-state index in [-0.39, 0.29) is 11.9 Å². The average Bonchev–Trinajstić information content (AvgIpc) is 2.63. The summed E-state index contributed by atoms with van der Waals surface area (Å²) in [6.07, 6.45) is 1.96. The second-order valence-electron chi connectivity index (χ2n) is 3.05. The Hall–Kier alpha value is -1.17. The first kappa shape index (κ1) is 11.9.